The van der Waals surface area contributed by atoms with Gasteiger partial charge in [0.2, 0.25) is 0 Å². The third-order valence-electron chi connectivity index (χ3n) is 6.34. The maximum atomic E-state index is 9.60. The zero-order valence-corrected chi connectivity index (χ0v) is 21.4. The van der Waals surface area contributed by atoms with Crippen molar-refractivity contribution in [1.29, 1.82) is 0 Å². The second-order valence-electron chi connectivity index (χ2n) is 9.09. The van der Waals surface area contributed by atoms with Crippen LogP contribution in [-0.2, 0) is 13.1 Å². The number of azo groups is 1. The van der Waals surface area contributed by atoms with Gasteiger partial charge in [0.15, 0.2) is 0 Å². The van der Waals surface area contributed by atoms with E-state index in [1.807, 2.05) is 96.7 Å². The lowest BCUT2D eigenvalue weighted by Crippen LogP contribution is -2.35. The van der Waals surface area contributed by atoms with Crippen molar-refractivity contribution in [3.63, 3.8) is 0 Å². The van der Waals surface area contributed by atoms with Gasteiger partial charge >= 0.3 is 14.2 Å². The van der Waals surface area contributed by atoms with Gasteiger partial charge in [0.05, 0.1) is 11.4 Å². The van der Waals surface area contributed by atoms with Gasteiger partial charge in [-0.3, -0.25) is 0 Å². The lowest BCUT2D eigenvalue weighted by Gasteiger charge is -2.21. The fraction of sp³-hybridized carbons (Fsp3) is 0.143. The molecule has 0 aliphatic heterocycles. The SMILES string of the molecule is CN(Cc1ccccc1B(O)O)c1ccc(N=Nc2ccc(N(C)Cc3ccccc3B(O)O)cc2)cc1. The quantitative estimate of drug-likeness (QED) is 0.194. The summed E-state index contributed by atoms with van der Waals surface area (Å²) in [6.07, 6.45) is 0. The first-order chi connectivity index (χ1) is 18.3. The van der Waals surface area contributed by atoms with E-state index < -0.39 is 14.2 Å². The number of nitrogens with zero attached hydrogens (tertiary/aromatic N) is 4. The van der Waals surface area contributed by atoms with Crippen molar-refractivity contribution < 1.29 is 20.1 Å². The molecule has 0 aliphatic carbocycles. The Labute approximate surface area is 223 Å². The fourth-order valence-electron chi connectivity index (χ4n) is 4.22. The van der Waals surface area contributed by atoms with Crippen molar-refractivity contribution in [3.05, 3.63) is 108 Å². The molecule has 0 bridgehead atoms. The van der Waals surface area contributed by atoms with Crippen molar-refractivity contribution in [2.75, 3.05) is 23.9 Å². The van der Waals surface area contributed by atoms with E-state index in [-0.39, 0.29) is 0 Å². The van der Waals surface area contributed by atoms with E-state index in [1.165, 1.54) is 0 Å². The first-order valence-electron chi connectivity index (χ1n) is 12.2. The predicted molar refractivity (Wildman–Crippen MR) is 154 cm³/mol. The molecule has 8 nitrogen and oxygen atoms in total. The van der Waals surface area contributed by atoms with Crippen LogP contribution in [-0.4, -0.2) is 48.4 Å². The lowest BCUT2D eigenvalue weighted by molar-refractivity contribution is 0.424. The molecule has 0 fully saturated rings. The van der Waals surface area contributed by atoms with Crippen molar-refractivity contribution in [2.24, 2.45) is 10.2 Å². The summed E-state index contributed by atoms with van der Waals surface area (Å²) in [7, 11) is 0.878. The number of benzene rings is 4. The van der Waals surface area contributed by atoms with Crippen LogP contribution in [0.3, 0.4) is 0 Å². The van der Waals surface area contributed by atoms with E-state index in [0.29, 0.717) is 35.4 Å². The molecule has 0 aromatic heterocycles. The summed E-state index contributed by atoms with van der Waals surface area (Å²) in [5.74, 6) is 0. The Kier molecular flexibility index (Phi) is 8.93. The molecule has 4 N–H and O–H groups in total. The van der Waals surface area contributed by atoms with Gasteiger partial charge in [-0.15, -0.1) is 0 Å². The molecule has 0 unspecified atom stereocenters. The van der Waals surface area contributed by atoms with Gasteiger partial charge in [-0.2, -0.15) is 10.2 Å². The molecule has 0 heterocycles. The number of rotatable bonds is 10. The van der Waals surface area contributed by atoms with Crippen LogP contribution in [0, 0.1) is 0 Å². The summed E-state index contributed by atoms with van der Waals surface area (Å²) in [6, 6.07) is 29.9. The van der Waals surface area contributed by atoms with Gasteiger partial charge in [-0.1, -0.05) is 48.5 Å². The predicted octanol–water partition coefficient (Wildman–Crippen LogP) is 2.73. The minimum absolute atomic E-state index is 0.496. The van der Waals surface area contributed by atoms with Crippen LogP contribution in [0.15, 0.2) is 107 Å². The normalized spacial score (nSPS) is 11.0. The van der Waals surface area contributed by atoms with Crippen LogP contribution in [0.2, 0.25) is 0 Å². The van der Waals surface area contributed by atoms with E-state index in [2.05, 4.69) is 10.2 Å². The maximum absolute atomic E-state index is 9.60. The Hall–Kier alpha value is -3.95. The largest absolute Gasteiger partial charge is 0.488 e. The molecule has 0 saturated heterocycles. The zero-order valence-electron chi connectivity index (χ0n) is 21.4. The van der Waals surface area contributed by atoms with E-state index in [4.69, 9.17) is 0 Å². The van der Waals surface area contributed by atoms with E-state index in [9.17, 15) is 20.1 Å². The molecule has 0 aliphatic rings. The standard InChI is InChI=1S/C28H30B2N4O4/c1-33(19-21-7-3-5-9-27(21)29(35)36)25-15-11-23(12-16-25)31-32-24-13-17-26(18-14-24)34(2)20-22-8-4-6-10-28(22)30(37)38/h3-18,35-38H,19-20H2,1-2H3. The molecule has 0 saturated carbocycles. The van der Waals surface area contributed by atoms with E-state index in [1.54, 1.807) is 24.3 Å². The molecule has 4 rings (SSSR count). The first kappa shape index (κ1) is 27.1. The molecule has 192 valence electrons. The summed E-state index contributed by atoms with van der Waals surface area (Å²) in [5.41, 5.74) is 6.05. The molecule has 0 amide bonds. The summed E-state index contributed by atoms with van der Waals surface area (Å²) in [4.78, 5) is 4.05. The zero-order chi connectivity index (χ0) is 27.1. The maximum Gasteiger partial charge on any atom is 0.488 e. The van der Waals surface area contributed by atoms with E-state index >= 15 is 0 Å². The Morgan fingerprint density at radius 3 is 1.21 bits per heavy atom. The van der Waals surface area contributed by atoms with Gasteiger partial charge in [0, 0.05) is 38.6 Å². The van der Waals surface area contributed by atoms with Crippen LogP contribution >= 0.6 is 0 Å². The molecule has 4 aromatic rings. The van der Waals surface area contributed by atoms with Gasteiger partial charge in [-0.25, -0.2) is 0 Å². The average molecular weight is 508 g/mol. The first-order valence-corrected chi connectivity index (χ1v) is 12.2. The molecule has 4 aromatic carbocycles. The number of hydrogen-bond acceptors (Lipinski definition) is 8. The van der Waals surface area contributed by atoms with Crippen LogP contribution in [0.4, 0.5) is 22.7 Å². The van der Waals surface area contributed by atoms with Crippen LogP contribution < -0.4 is 20.7 Å². The molecule has 0 spiro atoms. The second-order valence-corrected chi connectivity index (χ2v) is 9.09. The van der Waals surface area contributed by atoms with Crippen molar-refractivity contribution in [2.45, 2.75) is 13.1 Å². The monoisotopic (exact) mass is 508 g/mol. The minimum Gasteiger partial charge on any atom is -0.423 e. The van der Waals surface area contributed by atoms with Crippen LogP contribution in [0.5, 0.6) is 0 Å². The minimum atomic E-state index is -1.51. The smallest absolute Gasteiger partial charge is 0.423 e. The highest BCUT2D eigenvalue weighted by Crippen LogP contribution is 2.24. The molecule has 38 heavy (non-hydrogen) atoms. The highest BCUT2D eigenvalue weighted by atomic mass is 16.4. The third-order valence-corrected chi connectivity index (χ3v) is 6.34. The molecular formula is C28H30B2N4O4. The summed E-state index contributed by atoms with van der Waals surface area (Å²) in [6.45, 7) is 1.06. The highest BCUT2D eigenvalue weighted by Gasteiger charge is 2.17. The van der Waals surface area contributed by atoms with Crippen molar-refractivity contribution in [1.82, 2.24) is 0 Å². The van der Waals surface area contributed by atoms with Crippen LogP contribution in [0.1, 0.15) is 11.1 Å². The number of anilines is 2. The third kappa shape index (κ3) is 6.87. The second kappa shape index (κ2) is 12.5. The topological polar surface area (TPSA) is 112 Å². The summed E-state index contributed by atoms with van der Waals surface area (Å²) >= 11 is 0. The molecular weight excluding hydrogens is 478 g/mol. The lowest BCUT2D eigenvalue weighted by atomic mass is 9.77. The van der Waals surface area contributed by atoms with Gasteiger partial charge < -0.3 is 29.9 Å². The molecule has 10 heteroatoms. The average Bonchev–Trinajstić information content (AvgIpc) is 2.92. The van der Waals surface area contributed by atoms with Crippen LogP contribution in [0.25, 0.3) is 0 Å². The Morgan fingerprint density at radius 2 is 0.868 bits per heavy atom. The van der Waals surface area contributed by atoms with Crippen molar-refractivity contribution in [3.8, 4) is 0 Å². The Balaban J connectivity index is 1.37. The van der Waals surface area contributed by atoms with Crippen molar-refractivity contribution >= 4 is 47.9 Å². The highest BCUT2D eigenvalue weighted by molar-refractivity contribution is 6.59. The van der Waals surface area contributed by atoms with Gasteiger partial charge in [-0.05, 0) is 70.6 Å². The summed E-state index contributed by atoms with van der Waals surface area (Å²) in [5, 5.41) is 47.1. The fourth-order valence-corrected chi connectivity index (χ4v) is 4.22. The Bertz CT molecular complexity index is 1260. The summed E-state index contributed by atoms with van der Waals surface area (Å²) < 4.78 is 0. The van der Waals surface area contributed by atoms with Gasteiger partial charge in [0.1, 0.15) is 0 Å². The Morgan fingerprint density at radius 1 is 0.526 bits per heavy atom. The molecule has 0 radical (unpaired) electrons. The number of hydrogen-bond donors (Lipinski definition) is 4. The van der Waals surface area contributed by atoms with E-state index in [0.717, 1.165) is 22.5 Å². The van der Waals surface area contributed by atoms with Gasteiger partial charge in [0.25, 0.3) is 0 Å². The molecule has 0 atom stereocenters.